The summed E-state index contributed by atoms with van der Waals surface area (Å²) in [6, 6.07) is -0.565. The summed E-state index contributed by atoms with van der Waals surface area (Å²) >= 11 is 1.51. The molecule has 2 rings (SSSR count). The Hall–Kier alpha value is -0.910. The van der Waals surface area contributed by atoms with Crippen LogP contribution in [0.5, 0.6) is 0 Å². The van der Waals surface area contributed by atoms with Gasteiger partial charge in [0.2, 0.25) is 0 Å². The van der Waals surface area contributed by atoms with Crippen LogP contribution in [0.25, 0.3) is 0 Å². The second kappa shape index (κ2) is 5.38. The van der Waals surface area contributed by atoms with Gasteiger partial charge in [-0.1, -0.05) is 6.92 Å². The highest BCUT2D eigenvalue weighted by Gasteiger charge is 2.39. The third kappa shape index (κ3) is 2.43. The second-order valence-corrected chi connectivity index (χ2v) is 6.16. The van der Waals surface area contributed by atoms with Gasteiger partial charge in [0, 0.05) is 18.3 Å². The van der Waals surface area contributed by atoms with Gasteiger partial charge in [-0.25, -0.2) is 9.59 Å². The summed E-state index contributed by atoms with van der Waals surface area (Å²) in [7, 11) is 0. The molecule has 2 aliphatic rings. The smallest absolute Gasteiger partial charge is 0.327 e. The monoisotopic (exact) mass is 272 g/mol. The van der Waals surface area contributed by atoms with Crippen LogP contribution in [0.4, 0.5) is 4.79 Å². The molecule has 0 saturated carbocycles. The zero-order valence-electron chi connectivity index (χ0n) is 10.8. The second-order valence-electron chi connectivity index (χ2n) is 5.16. The highest BCUT2D eigenvalue weighted by molar-refractivity contribution is 7.99. The van der Waals surface area contributed by atoms with Crippen molar-refractivity contribution in [1.82, 2.24) is 9.80 Å². The molecule has 0 radical (unpaired) electrons. The Labute approximate surface area is 112 Å². The van der Waals surface area contributed by atoms with E-state index in [9.17, 15) is 9.59 Å². The van der Waals surface area contributed by atoms with Crippen molar-refractivity contribution in [2.45, 2.75) is 38.8 Å². The van der Waals surface area contributed by atoms with E-state index < -0.39 is 12.0 Å². The van der Waals surface area contributed by atoms with Crippen LogP contribution < -0.4 is 0 Å². The van der Waals surface area contributed by atoms with Crippen LogP contribution in [-0.2, 0) is 4.79 Å². The molecule has 2 heterocycles. The first-order chi connectivity index (χ1) is 8.52. The number of hydrogen-bond donors (Lipinski definition) is 1. The maximum atomic E-state index is 12.4. The Kier molecular flexibility index (Phi) is 4.04. The van der Waals surface area contributed by atoms with Gasteiger partial charge in [-0.15, -0.1) is 11.8 Å². The summed E-state index contributed by atoms with van der Waals surface area (Å²) < 4.78 is 0. The zero-order valence-corrected chi connectivity index (χ0v) is 11.7. The van der Waals surface area contributed by atoms with E-state index in [-0.39, 0.29) is 12.1 Å². The highest BCUT2D eigenvalue weighted by atomic mass is 32.2. The normalized spacial score (nSPS) is 32.7. The molecule has 0 aliphatic carbocycles. The van der Waals surface area contributed by atoms with Gasteiger partial charge in [0.05, 0.1) is 5.88 Å². The average molecular weight is 272 g/mol. The van der Waals surface area contributed by atoms with E-state index in [0.717, 1.165) is 19.4 Å². The molecule has 2 fully saturated rings. The van der Waals surface area contributed by atoms with E-state index in [0.29, 0.717) is 17.5 Å². The van der Waals surface area contributed by atoms with Crippen molar-refractivity contribution < 1.29 is 14.7 Å². The fourth-order valence-electron chi connectivity index (χ4n) is 2.61. The molecule has 2 saturated heterocycles. The zero-order chi connectivity index (χ0) is 13.3. The molecule has 0 spiro atoms. The number of thioether (sulfide) groups is 1. The van der Waals surface area contributed by atoms with Gasteiger partial charge in [0.25, 0.3) is 0 Å². The van der Waals surface area contributed by atoms with Gasteiger partial charge in [-0.3, -0.25) is 0 Å². The van der Waals surface area contributed by atoms with E-state index in [2.05, 4.69) is 13.8 Å². The Morgan fingerprint density at radius 2 is 2.00 bits per heavy atom. The molecule has 0 aromatic carbocycles. The third-order valence-corrected chi connectivity index (χ3v) is 5.04. The van der Waals surface area contributed by atoms with Gasteiger partial charge in [0.1, 0.15) is 6.04 Å². The molecule has 0 aromatic rings. The number of urea groups is 1. The average Bonchev–Trinajstić information content (AvgIpc) is 2.81. The molecule has 0 bridgehead atoms. The summed E-state index contributed by atoms with van der Waals surface area (Å²) in [6.07, 6.45) is 2.15. The summed E-state index contributed by atoms with van der Waals surface area (Å²) in [5.41, 5.74) is 0. The summed E-state index contributed by atoms with van der Waals surface area (Å²) in [6.45, 7) is 4.95. The molecule has 3 unspecified atom stereocenters. The Balaban J connectivity index is 2.08. The Morgan fingerprint density at radius 1 is 1.28 bits per heavy atom. The summed E-state index contributed by atoms with van der Waals surface area (Å²) in [5.74, 6) is 0.582. The van der Waals surface area contributed by atoms with Gasteiger partial charge in [-0.05, 0) is 25.7 Å². The third-order valence-electron chi connectivity index (χ3n) is 4.03. The SMILES string of the molecule is CC1CCCN(C(=O)N2CSCC2C(=O)O)C1C. The van der Waals surface area contributed by atoms with Crippen molar-refractivity contribution in [2.24, 2.45) is 5.92 Å². The lowest BCUT2D eigenvalue weighted by atomic mass is 9.92. The first kappa shape index (κ1) is 13.5. The van der Waals surface area contributed by atoms with Crippen LogP contribution in [0.2, 0.25) is 0 Å². The Bertz CT molecular complexity index is 350. The Morgan fingerprint density at radius 3 is 2.67 bits per heavy atom. The fraction of sp³-hybridized carbons (Fsp3) is 0.833. The summed E-state index contributed by atoms with van der Waals surface area (Å²) in [5, 5.41) is 9.12. The molecule has 3 atom stereocenters. The highest BCUT2D eigenvalue weighted by Crippen LogP contribution is 2.28. The predicted octanol–water partition coefficient (Wildman–Crippen LogP) is 1.69. The van der Waals surface area contributed by atoms with Crippen molar-refractivity contribution in [2.75, 3.05) is 18.2 Å². The van der Waals surface area contributed by atoms with Crippen LogP contribution >= 0.6 is 11.8 Å². The number of piperidine rings is 1. The van der Waals surface area contributed by atoms with Gasteiger partial charge < -0.3 is 14.9 Å². The lowest BCUT2D eigenvalue weighted by Gasteiger charge is -2.40. The minimum Gasteiger partial charge on any atom is -0.480 e. The standard InChI is InChI=1S/C12H20N2O3S/c1-8-4-3-5-13(9(8)2)12(17)14-7-18-6-10(14)11(15)16/h8-10H,3-7H2,1-2H3,(H,15,16). The van der Waals surface area contributed by atoms with Crippen LogP contribution in [0.3, 0.4) is 0 Å². The first-order valence-electron chi connectivity index (χ1n) is 6.40. The number of likely N-dealkylation sites (tertiary alicyclic amines) is 1. The molecular formula is C12H20N2O3S. The quantitative estimate of drug-likeness (QED) is 0.789. The first-order valence-corrected chi connectivity index (χ1v) is 7.55. The van der Waals surface area contributed by atoms with E-state index in [1.165, 1.54) is 16.7 Å². The molecule has 6 heteroatoms. The number of aliphatic carboxylic acids is 1. The minimum absolute atomic E-state index is 0.105. The number of carbonyl (C=O) groups is 2. The van der Waals surface area contributed by atoms with Gasteiger partial charge in [0.15, 0.2) is 0 Å². The predicted molar refractivity (Wildman–Crippen MR) is 70.5 cm³/mol. The number of carbonyl (C=O) groups excluding carboxylic acids is 1. The van der Waals surface area contributed by atoms with E-state index in [1.54, 1.807) is 0 Å². The van der Waals surface area contributed by atoms with E-state index in [1.807, 2.05) is 4.90 Å². The van der Waals surface area contributed by atoms with Gasteiger partial charge >= 0.3 is 12.0 Å². The maximum absolute atomic E-state index is 12.4. The number of hydrogen-bond acceptors (Lipinski definition) is 3. The largest absolute Gasteiger partial charge is 0.480 e. The molecule has 2 amide bonds. The van der Waals surface area contributed by atoms with Crippen molar-refractivity contribution in [3.63, 3.8) is 0 Å². The van der Waals surface area contributed by atoms with Crippen LogP contribution in [0.1, 0.15) is 26.7 Å². The van der Waals surface area contributed by atoms with Crippen molar-refractivity contribution in [3.8, 4) is 0 Å². The summed E-state index contributed by atoms with van der Waals surface area (Å²) in [4.78, 5) is 26.9. The molecular weight excluding hydrogens is 252 g/mol. The van der Waals surface area contributed by atoms with Crippen molar-refractivity contribution in [3.05, 3.63) is 0 Å². The minimum atomic E-state index is -0.897. The maximum Gasteiger partial charge on any atom is 0.327 e. The molecule has 18 heavy (non-hydrogen) atoms. The molecule has 102 valence electrons. The molecule has 1 N–H and O–H groups in total. The fourth-order valence-corrected chi connectivity index (χ4v) is 3.74. The van der Waals surface area contributed by atoms with E-state index in [4.69, 9.17) is 5.11 Å². The number of carboxylic acid groups (broad SMARTS) is 1. The van der Waals surface area contributed by atoms with Crippen LogP contribution in [0, 0.1) is 5.92 Å². The number of rotatable bonds is 1. The molecule has 0 aromatic heterocycles. The molecule has 2 aliphatic heterocycles. The van der Waals surface area contributed by atoms with Crippen molar-refractivity contribution in [1.29, 1.82) is 0 Å². The van der Waals surface area contributed by atoms with Crippen LogP contribution in [-0.4, -0.2) is 57.2 Å². The lowest BCUT2D eigenvalue weighted by Crippen LogP contribution is -2.54. The molecule has 5 nitrogen and oxygen atoms in total. The number of amides is 2. The van der Waals surface area contributed by atoms with Gasteiger partial charge in [-0.2, -0.15) is 0 Å². The van der Waals surface area contributed by atoms with E-state index >= 15 is 0 Å². The lowest BCUT2D eigenvalue weighted by molar-refractivity contribution is -0.141. The number of nitrogens with zero attached hydrogens (tertiary/aromatic N) is 2. The number of carboxylic acids is 1. The topological polar surface area (TPSA) is 60.9 Å². The van der Waals surface area contributed by atoms with Crippen molar-refractivity contribution >= 4 is 23.8 Å². The van der Waals surface area contributed by atoms with Crippen LogP contribution in [0.15, 0.2) is 0 Å².